The first-order chi connectivity index (χ1) is 20.0. The average molecular weight is 772 g/mol. The van der Waals surface area contributed by atoms with E-state index in [-0.39, 0.29) is 11.4 Å². The van der Waals surface area contributed by atoms with Crippen LogP contribution in [0.5, 0.6) is 0 Å². The maximum absolute atomic E-state index is 9.94. The SMILES string of the molecule is CCC[CH2][Sn]([CH2]CCC)([O]N=C(C#N)c1ccccc1)[O][Sn]([CH2]CCC)([CH2]CCC)[O]N=C(C#N)c1ccccc1. The van der Waals surface area contributed by atoms with Crippen LogP contribution in [-0.2, 0) is 7.76 Å². The third-order valence-corrected chi connectivity index (χ3v) is 38.5. The van der Waals surface area contributed by atoms with Crippen molar-refractivity contribution in [2.24, 2.45) is 10.3 Å². The van der Waals surface area contributed by atoms with Crippen molar-refractivity contribution in [2.75, 3.05) is 0 Å². The fourth-order valence-corrected chi connectivity index (χ4v) is 44.2. The summed E-state index contributed by atoms with van der Waals surface area (Å²) in [5.74, 6) is 0. The summed E-state index contributed by atoms with van der Waals surface area (Å²) < 4.78 is 24.0. The summed E-state index contributed by atoms with van der Waals surface area (Å²) in [6, 6.07) is 23.4. The molecule has 0 radical (unpaired) electrons. The molecular formula is C32H46N4O3Sn2. The van der Waals surface area contributed by atoms with Gasteiger partial charge >= 0.3 is 259 Å². The molecule has 0 heterocycles. The fourth-order valence-electron chi connectivity index (χ4n) is 4.52. The van der Waals surface area contributed by atoms with Gasteiger partial charge in [-0.1, -0.05) is 0 Å². The second-order valence-electron chi connectivity index (χ2n) is 10.4. The normalized spacial score (nSPS) is 12.4. The number of nitrogens with zero attached hydrogens (tertiary/aromatic N) is 4. The minimum absolute atomic E-state index is 0.265. The van der Waals surface area contributed by atoms with E-state index >= 15 is 0 Å². The first-order valence-electron chi connectivity index (χ1n) is 15.1. The predicted octanol–water partition coefficient (Wildman–Crippen LogP) is 8.98. The molecule has 0 unspecified atom stereocenters. The van der Waals surface area contributed by atoms with Crippen molar-refractivity contribution in [1.82, 2.24) is 0 Å². The van der Waals surface area contributed by atoms with E-state index in [1.807, 2.05) is 60.7 Å². The van der Waals surface area contributed by atoms with Gasteiger partial charge in [-0.3, -0.25) is 0 Å². The molecule has 0 atom stereocenters. The molecule has 220 valence electrons. The Kier molecular flexibility index (Phi) is 17.1. The minimum atomic E-state index is -3.96. The topological polar surface area (TPSA) is 100.0 Å². The first kappa shape index (κ1) is 35.1. The summed E-state index contributed by atoms with van der Waals surface area (Å²) >= 11 is -7.92. The van der Waals surface area contributed by atoms with E-state index in [4.69, 9.17) is 7.76 Å². The zero-order chi connectivity index (χ0) is 29.8. The molecule has 0 aromatic heterocycles. The Hall–Kier alpha value is -2.08. The van der Waals surface area contributed by atoms with Gasteiger partial charge in [0, 0.05) is 0 Å². The van der Waals surface area contributed by atoms with E-state index < -0.39 is 38.4 Å². The maximum atomic E-state index is 9.94. The summed E-state index contributed by atoms with van der Waals surface area (Å²) in [4.78, 5) is 0. The van der Waals surface area contributed by atoms with Crippen LogP contribution in [0.2, 0.25) is 17.7 Å². The van der Waals surface area contributed by atoms with Gasteiger partial charge in [-0.2, -0.15) is 0 Å². The monoisotopic (exact) mass is 774 g/mol. The Labute approximate surface area is 257 Å². The van der Waals surface area contributed by atoms with Crippen molar-refractivity contribution < 1.29 is 7.76 Å². The number of nitriles is 2. The number of rotatable bonds is 20. The van der Waals surface area contributed by atoms with Crippen LogP contribution in [-0.4, -0.2) is 49.8 Å². The Morgan fingerprint density at radius 3 is 1.17 bits per heavy atom. The molecule has 0 fully saturated rings. The van der Waals surface area contributed by atoms with Crippen molar-refractivity contribution in [3.05, 3.63) is 71.8 Å². The number of oxime groups is 2. The third kappa shape index (κ3) is 12.0. The molecular weight excluding hydrogens is 726 g/mol. The molecule has 0 aliphatic rings. The number of hydrogen-bond acceptors (Lipinski definition) is 7. The summed E-state index contributed by atoms with van der Waals surface area (Å²) in [7, 11) is 0. The van der Waals surface area contributed by atoms with Gasteiger partial charge in [0.05, 0.1) is 0 Å². The Morgan fingerprint density at radius 2 is 0.902 bits per heavy atom. The van der Waals surface area contributed by atoms with Crippen molar-refractivity contribution in [2.45, 2.75) is 96.8 Å². The molecule has 2 rings (SSSR count). The van der Waals surface area contributed by atoms with Gasteiger partial charge < -0.3 is 0 Å². The Morgan fingerprint density at radius 1 is 0.585 bits per heavy atom. The molecule has 2 aromatic rings. The number of unbranched alkanes of at least 4 members (excludes halogenated alkanes) is 4. The molecule has 0 spiro atoms. The standard InChI is InChI=1S/2C8H6N2O.4C4H9.O.2Sn/c2*9-6-8(10-11)7-4-2-1-3-5-7;4*1-3-4-2;;;/h2*1-5,11H;4*1,3-4H2,2H3;;;/q;;;;;;;2*+1/p-2. The number of benzene rings is 2. The summed E-state index contributed by atoms with van der Waals surface area (Å²) in [5, 5.41) is 28.9. The van der Waals surface area contributed by atoms with Gasteiger partial charge in [0.1, 0.15) is 0 Å². The molecule has 0 bridgehead atoms. The predicted molar refractivity (Wildman–Crippen MR) is 171 cm³/mol. The molecule has 0 amide bonds. The molecule has 0 saturated heterocycles. The molecule has 0 saturated carbocycles. The zero-order valence-corrected chi connectivity index (χ0v) is 31.0. The van der Waals surface area contributed by atoms with Crippen molar-refractivity contribution in [3.63, 3.8) is 0 Å². The van der Waals surface area contributed by atoms with E-state index in [9.17, 15) is 10.5 Å². The van der Waals surface area contributed by atoms with Gasteiger partial charge in [0.2, 0.25) is 0 Å². The van der Waals surface area contributed by atoms with Gasteiger partial charge in [0.25, 0.3) is 0 Å². The van der Waals surface area contributed by atoms with Crippen LogP contribution in [0.25, 0.3) is 0 Å². The fraction of sp³-hybridized carbons (Fsp3) is 0.500. The van der Waals surface area contributed by atoms with Gasteiger partial charge in [-0.25, -0.2) is 0 Å². The van der Waals surface area contributed by atoms with Gasteiger partial charge in [-0.15, -0.1) is 0 Å². The van der Waals surface area contributed by atoms with E-state index in [1.165, 1.54) is 0 Å². The van der Waals surface area contributed by atoms with Crippen LogP contribution < -0.4 is 0 Å². The summed E-state index contributed by atoms with van der Waals surface area (Å²) in [6.07, 6.45) is 7.97. The molecule has 41 heavy (non-hydrogen) atoms. The van der Waals surface area contributed by atoms with Crippen LogP contribution in [0, 0.1) is 22.7 Å². The Bertz CT molecular complexity index is 1050. The number of hydrogen-bond donors (Lipinski definition) is 0. The van der Waals surface area contributed by atoms with E-state index in [0.717, 1.165) is 80.2 Å². The summed E-state index contributed by atoms with van der Waals surface area (Å²) in [6.45, 7) is 8.70. The first-order valence-corrected chi connectivity index (χ1v) is 27.9. The van der Waals surface area contributed by atoms with Crippen molar-refractivity contribution >= 4 is 49.8 Å². The molecule has 0 aliphatic carbocycles. The van der Waals surface area contributed by atoms with Crippen LogP contribution in [0.1, 0.15) is 90.2 Å². The average Bonchev–Trinajstić information content (AvgIpc) is 3.02. The summed E-state index contributed by atoms with van der Waals surface area (Å²) in [5.41, 5.74) is 1.99. The Balaban J connectivity index is 2.60. The van der Waals surface area contributed by atoms with E-state index in [0.29, 0.717) is 0 Å². The second kappa shape index (κ2) is 19.9. The molecule has 9 heteroatoms. The van der Waals surface area contributed by atoms with Crippen LogP contribution in [0.3, 0.4) is 0 Å². The molecule has 2 aromatic carbocycles. The molecule has 0 aliphatic heterocycles. The van der Waals surface area contributed by atoms with Crippen molar-refractivity contribution in [3.8, 4) is 12.1 Å². The van der Waals surface area contributed by atoms with Crippen LogP contribution in [0.4, 0.5) is 0 Å². The second-order valence-corrected chi connectivity index (χ2v) is 32.0. The van der Waals surface area contributed by atoms with Crippen LogP contribution >= 0.6 is 0 Å². The third-order valence-electron chi connectivity index (χ3n) is 6.93. The van der Waals surface area contributed by atoms with Gasteiger partial charge in [-0.05, 0) is 0 Å². The van der Waals surface area contributed by atoms with Gasteiger partial charge in [0.15, 0.2) is 0 Å². The van der Waals surface area contributed by atoms with E-state index in [1.54, 1.807) is 0 Å². The zero-order valence-electron chi connectivity index (χ0n) is 25.3. The van der Waals surface area contributed by atoms with Crippen LogP contribution in [0.15, 0.2) is 71.0 Å². The van der Waals surface area contributed by atoms with Crippen molar-refractivity contribution in [1.29, 1.82) is 10.5 Å². The molecule has 0 N–H and O–H groups in total. The molecule has 7 nitrogen and oxygen atoms in total. The quantitative estimate of drug-likeness (QED) is 0.0761. The van der Waals surface area contributed by atoms with E-state index in [2.05, 4.69) is 50.1 Å².